The monoisotopic (exact) mass is 292 g/mol. The fourth-order valence-electron chi connectivity index (χ4n) is 3.30. The molecule has 0 aliphatic carbocycles. The molecule has 1 unspecified atom stereocenters. The van der Waals surface area contributed by atoms with E-state index in [0.717, 1.165) is 24.6 Å². The summed E-state index contributed by atoms with van der Waals surface area (Å²) in [6.07, 6.45) is 2.43. The first kappa shape index (κ1) is 16.3. The van der Waals surface area contributed by atoms with Crippen molar-refractivity contribution in [3.63, 3.8) is 0 Å². The Morgan fingerprint density at radius 3 is 2.38 bits per heavy atom. The van der Waals surface area contributed by atoms with E-state index in [1.54, 1.807) is 12.1 Å². The number of benzene rings is 1. The van der Waals surface area contributed by atoms with Gasteiger partial charge in [0.15, 0.2) is 0 Å². The van der Waals surface area contributed by atoms with Gasteiger partial charge in [0.1, 0.15) is 5.82 Å². The number of nitrogens with one attached hydrogen (secondary N) is 1. The molecule has 1 aliphatic rings. The van der Waals surface area contributed by atoms with Crippen LogP contribution in [0.4, 0.5) is 10.1 Å². The van der Waals surface area contributed by atoms with Crippen LogP contribution in [0, 0.1) is 17.2 Å². The van der Waals surface area contributed by atoms with E-state index in [4.69, 9.17) is 0 Å². The van der Waals surface area contributed by atoms with Crippen LogP contribution in [-0.2, 0) is 0 Å². The summed E-state index contributed by atoms with van der Waals surface area (Å²) < 4.78 is 13.6. The van der Waals surface area contributed by atoms with Crippen LogP contribution in [0.3, 0.4) is 0 Å². The molecule has 118 valence electrons. The molecule has 1 saturated heterocycles. The number of rotatable bonds is 3. The molecule has 1 atom stereocenters. The Morgan fingerprint density at radius 1 is 1.24 bits per heavy atom. The SMILES string of the molecule is CNC(C)c1cc(F)ccc1N1CCC(C(C)(C)C)CC1. The van der Waals surface area contributed by atoms with Gasteiger partial charge in [-0.25, -0.2) is 4.39 Å². The molecule has 1 aliphatic heterocycles. The minimum absolute atomic E-state index is 0.152. The largest absolute Gasteiger partial charge is 0.371 e. The van der Waals surface area contributed by atoms with Gasteiger partial charge < -0.3 is 10.2 Å². The molecule has 1 aromatic rings. The number of hydrogen-bond donors (Lipinski definition) is 1. The Morgan fingerprint density at radius 2 is 1.86 bits per heavy atom. The summed E-state index contributed by atoms with van der Waals surface area (Å²) in [5, 5.41) is 3.23. The summed E-state index contributed by atoms with van der Waals surface area (Å²) in [6, 6.07) is 5.36. The second-order valence-corrected chi connectivity index (χ2v) is 7.34. The molecule has 1 aromatic carbocycles. The minimum atomic E-state index is -0.152. The predicted molar refractivity (Wildman–Crippen MR) is 88.3 cm³/mol. The molecule has 0 aromatic heterocycles. The van der Waals surface area contributed by atoms with Crippen LogP contribution in [-0.4, -0.2) is 20.1 Å². The molecule has 0 amide bonds. The van der Waals surface area contributed by atoms with Crippen molar-refractivity contribution in [3.8, 4) is 0 Å². The first-order chi connectivity index (χ1) is 9.82. The Kier molecular flexibility index (Phi) is 4.92. The summed E-state index contributed by atoms with van der Waals surface area (Å²) in [5.74, 6) is 0.625. The summed E-state index contributed by atoms with van der Waals surface area (Å²) >= 11 is 0. The normalized spacial score (nSPS) is 18.9. The van der Waals surface area contributed by atoms with E-state index in [1.165, 1.54) is 18.5 Å². The summed E-state index contributed by atoms with van der Waals surface area (Å²) in [4.78, 5) is 2.42. The maximum Gasteiger partial charge on any atom is 0.123 e. The fraction of sp³-hybridized carbons (Fsp3) is 0.667. The second-order valence-electron chi connectivity index (χ2n) is 7.34. The zero-order chi connectivity index (χ0) is 15.6. The quantitative estimate of drug-likeness (QED) is 0.890. The standard InChI is InChI=1S/C18H29FN2/c1-13(20-5)16-12-15(19)6-7-17(16)21-10-8-14(9-11-21)18(2,3)4/h6-7,12-14,20H,8-11H2,1-5H3. The molecular formula is C18H29FN2. The van der Waals surface area contributed by atoms with Crippen molar-refractivity contribution in [1.82, 2.24) is 5.32 Å². The molecular weight excluding hydrogens is 263 g/mol. The third-order valence-electron chi connectivity index (χ3n) is 4.95. The average molecular weight is 292 g/mol. The molecule has 2 rings (SSSR count). The molecule has 1 N–H and O–H groups in total. The van der Waals surface area contributed by atoms with Crippen LogP contribution in [0.25, 0.3) is 0 Å². The lowest BCUT2D eigenvalue weighted by Crippen LogP contribution is -2.38. The fourth-order valence-corrected chi connectivity index (χ4v) is 3.30. The number of hydrogen-bond acceptors (Lipinski definition) is 2. The highest BCUT2D eigenvalue weighted by Crippen LogP contribution is 2.37. The molecule has 0 saturated carbocycles. The average Bonchev–Trinajstić information content (AvgIpc) is 2.45. The molecule has 1 fully saturated rings. The lowest BCUT2D eigenvalue weighted by molar-refractivity contribution is 0.199. The maximum absolute atomic E-state index is 13.6. The van der Waals surface area contributed by atoms with Crippen molar-refractivity contribution in [2.24, 2.45) is 11.3 Å². The topological polar surface area (TPSA) is 15.3 Å². The number of nitrogens with zero attached hydrogens (tertiary/aromatic N) is 1. The van der Waals surface area contributed by atoms with Gasteiger partial charge in [0, 0.05) is 24.8 Å². The van der Waals surface area contributed by atoms with Gasteiger partial charge in [-0.15, -0.1) is 0 Å². The Hall–Kier alpha value is -1.09. The third-order valence-corrected chi connectivity index (χ3v) is 4.95. The van der Waals surface area contributed by atoms with Crippen LogP contribution in [0.15, 0.2) is 18.2 Å². The van der Waals surface area contributed by atoms with Gasteiger partial charge in [0.2, 0.25) is 0 Å². The summed E-state index contributed by atoms with van der Waals surface area (Å²) in [6.45, 7) is 11.2. The van der Waals surface area contributed by atoms with E-state index >= 15 is 0 Å². The van der Waals surface area contributed by atoms with Crippen molar-refractivity contribution < 1.29 is 4.39 Å². The highest BCUT2D eigenvalue weighted by atomic mass is 19.1. The van der Waals surface area contributed by atoms with Crippen LogP contribution < -0.4 is 10.2 Å². The predicted octanol–water partition coefficient (Wildman–Crippen LogP) is 4.37. The van der Waals surface area contributed by atoms with Gasteiger partial charge in [-0.1, -0.05) is 20.8 Å². The number of halogens is 1. The van der Waals surface area contributed by atoms with Gasteiger partial charge in [-0.05, 0) is 61.9 Å². The van der Waals surface area contributed by atoms with Crippen molar-refractivity contribution in [2.45, 2.75) is 46.6 Å². The highest BCUT2D eigenvalue weighted by Gasteiger charge is 2.29. The molecule has 0 spiro atoms. The Bertz CT molecular complexity index is 471. The van der Waals surface area contributed by atoms with Gasteiger partial charge in [-0.3, -0.25) is 0 Å². The van der Waals surface area contributed by atoms with Gasteiger partial charge >= 0.3 is 0 Å². The van der Waals surface area contributed by atoms with E-state index in [2.05, 4.69) is 37.9 Å². The minimum Gasteiger partial charge on any atom is -0.371 e. The van der Waals surface area contributed by atoms with Crippen LogP contribution in [0.1, 0.15) is 52.1 Å². The molecule has 3 heteroatoms. The van der Waals surface area contributed by atoms with Crippen LogP contribution >= 0.6 is 0 Å². The van der Waals surface area contributed by atoms with E-state index in [9.17, 15) is 4.39 Å². The smallest absolute Gasteiger partial charge is 0.123 e. The zero-order valence-electron chi connectivity index (χ0n) is 14.0. The van der Waals surface area contributed by atoms with Crippen molar-refractivity contribution in [2.75, 3.05) is 25.0 Å². The first-order valence-corrected chi connectivity index (χ1v) is 8.04. The van der Waals surface area contributed by atoms with Crippen LogP contribution in [0.5, 0.6) is 0 Å². The molecule has 0 radical (unpaired) electrons. The lowest BCUT2D eigenvalue weighted by atomic mass is 9.75. The number of anilines is 1. The first-order valence-electron chi connectivity index (χ1n) is 8.04. The third kappa shape index (κ3) is 3.76. The Labute approximate surface area is 128 Å². The second kappa shape index (κ2) is 6.35. The van der Waals surface area contributed by atoms with E-state index < -0.39 is 0 Å². The molecule has 21 heavy (non-hydrogen) atoms. The van der Waals surface area contributed by atoms with E-state index in [0.29, 0.717) is 5.41 Å². The van der Waals surface area contributed by atoms with E-state index in [-0.39, 0.29) is 11.9 Å². The van der Waals surface area contributed by atoms with Gasteiger partial charge in [0.25, 0.3) is 0 Å². The van der Waals surface area contributed by atoms with Gasteiger partial charge in [-0.2, -0.15) is 0 Å². The Balaban J connectivity index is 2.17. The zero-order valence-corrected chi connectivity index (χ0v) is 14.0. The molecule has 2 nitrogen and oxygen atoms in total. The highest BCUT2D eigenvalue weighted by molar-refractivity contribution is 5.55. The lowest BCUT2D eigenvalue weighted by Gasteiger charge is -2.40. The summed E-state index contributed by atoms with van der Waals surface area (Å²) in [7, 11) is 1.92. The molecule has 0 bridgehead atoms. The molecule has 1 heterocycles. The van der Waals surface area contributed by atoms with Crippen molar-refractivity contribution in [1.29, 1.82) is 0 Å². The maximum atomic E-state index is 13.6. The van der Waals surface area contributed by atoms with Crippen LogP contribution in [0.2, 0.25) is 0 Å². The van der Waals surface area contributed by atoms with Crippen molar-refractivity contribution >= 4 is 5.69 Å². The van der Waals surface area contributed by atoms with Gasteiger partial charge in [0.05, 0.1) is 0 Å². The summed E-state index contributed by atoms with van der Waals surface area (Å²) in [5.41, 5.74) is 2.63. The number of piperidine rings is 1. The van der Waals surface area contributed by atoms with Crippen molar-refractivity contribution in [3.05, 3.63) is 29.6 Å². The van der Waals surface area contributed by atoms with E-state index in [1.807, 2.05) is 13.1 Å².